The van der Waals surface area contributed by atoms with Gasteiger partial charge in [-0.3, -0.25) is 9.67 Å². The first kappa shape index (κ1) is 12.3. The molecule has 0 aliphatic carbocycles. The van der Waals surface area contributed by atoms with E-state index < -0.39 is 0 Å². The number of benzene rings is 1. The van der Waals surface area contributed by atoms with Crippen LogP contribution in [0.25, 0.3) is 22.0 Å². The highest BCUT2D eigenvalue weighted by atomic mass is 16.4. The maximum atomic E-state index is 8.86. The highest BCUT2D eigenvalue weighted by Crippen LogP contribution is 2.23. The van der Waals surface area contributed by atoms with Gasteiger partial charge >= 0.3 is 0 Å². The molecule has 0 amide bonds. The summed E-state index contributed by atoms with van der Waals surface area (Å²) >= 11 is 0. The molecule has 0 saturated carbocycles. The van der Waals surface area contributed by atoms with Crippen molar-refractivity contribution in [2.75, 3.05) is 0 Å². The zero-order valence-corrected chi connectivity index (χ0v) is 11.3. The van der Waals surface area contributed by atoms with Gasteiger partial charge in [0.2, 0.25) is 0 Å². The molecule has 5 heteroatoms. The molecule has 0 atom stereocenters. The van der Waals surface area contributed by atoms with Crippen LogP contribution in [0.1, 0.15) is 12.5 Å². The van der Waals surface area contributed by atoms with E-state index >= 15 is 0 Å². The van der Waals surface area contributed by atoms with Crippen LogP contribution in [0, 0.1) is 0 Å². The number of rotatable bonds is 2. The van der Waals surface area contributed by atoms with Gasteiger partial charge in [-0.05, 0) is 30.7 Å². The summed E-state index contributed by atoms with van der Waals surface area (Å²) in [5, 5.41) is 17.3. The van der Waals surface area contributed by atoms with E-state index in [1.54, 1.807) is 11.6 Å². The van der Waals surface area contributed by atoms with Gasteiger partial charge in [0, 0.05) is 36.0 Å². The van der Waals surface area contributed by atoms with Crippen LogP contribution in [0.3, 0.4) is 0 Å². The third kappa shape index (κ3) is 2.14. The maximum Gasteiger partial charge on any atom is 0.0837 e. The monoisotopic (exact) mass is 266 g/mol. The second-order valence-corrected chi connectivity index (χ2v) is 4.72. The fourth-order valence-corrected chi connectivity index (χ4v) is 2.14. The number of aromatic nitrogens is 3. The van der Waals surface area contributed by atoms with Gasteiger partial charge in [0.25, 0.3) is 0 Å². The van der Waals surface area contributed by atoms with Crippen LogP contribution in [-0.4, -0.2) is 25.7 Å². The number of fused-ring (bicyclic) bond motifs is 1. The Kier molecular flexibility index (Phi) is 2.95. The topological polar surface area (TPSA) is 63.3 Å². The normalized spacial score (nSPS) is 12.0. The number of hydrogen-bond donors (Lipinski definition) is 1. The van der Waals surface area contributed by atoms with Crippen LogP contribution in [-0.2, 0) is 7.05 Å². The molecule has 0 saturated heterocycles. The Hall–Kier alpha value is -2.69. The largest absolute Gasteiger partial charge is 0.411 e. The van der Waals surface area contributed by atoms with Gasteiger partial charge in [0.1, 0.15) is 0 Å². The van der Waals surface area contributed by atoms with E-state index in [-0.39, 0.29) is 0 Å². The summed E-state index contributed by atoms with van der Waals surface area (Å²) < 4.78 is 1.76. The summed E-state index contributed by atoms with van der Waals surface area (Å²) in [7, 11) is 1.89. The Morgan fingerprint density at radius 2 is 2.05 bits per heavy atom. The fourth-order valence-electron chi connectivity index (χ4n) is 2.14. The molecule has 100 valence electrons. The minimum atomic E-state index is 0.582. The lowest BCUT2D eigenvalue weighted by Crippen LogP contribution is -1.94. The van der Waals surface area contributed by atoms with Crippen molar-refractivity contribution in [2.45, 2.75) is 6.92 Å². The third-order valence-electron chi connectivity index (χ3n) is 3.29. The summed E-state index contributed by atoms with van der Waals surface area (Å²) in [5.41, 5.74) is 4.41. The van der Waals surface area contributed by atoms with E-state index in [1.807, 2.05) is 43.8 Å². The molecule has 2 heterocycles. The lowest BCUT2D eigenvalue weighted by molar-refractivity contribution is 0.319. The average Bonchev–Trinajstić information content (AvgIpc) is 2.92. The van der Waals surface area contributed by atoms with Crippen LogP contribution in [0.15, 0.2) is 48.0 Å². The Morgan fingerprint density at radius 1 is 1.20 bits per heavy atom. The molecule has 0 fully saturated rings. The molecule has 20 heavy (non-hydrogen) atoms. The smallest absolute Gasteiger partial charge is 0.0837 e. The van der Waals surface area contributed by atoms with Gasteiger partial charge in [-0.25, -0.2) is 0 Å². The zero-order chi connectivity index (χ0) is 14.1. The first-order chi connectivity index (χ1) is 9.67. The van der Waals surface area contributed by atoms with Crippen LogP contribution in [0.2, 0.25) is 0 Å². The first-order valence-electron chi connectivity index (χ1n) is 6.25. The van der Waals surface area contributed by atoms with Gasteiger partial charge < -0.3 is 5.21 Å². The average molecular weight is 266 g/mol. The molecule has 0 aliphatic heterocycles. The van der Waals surface area contributed by atoms with Crippen molar-refractivity contribution in [3.8, 4) is 11.1 Å². The molecule has 0 unspecified atom stereocenters. The molecule has 3 rings (SSSR count). The SMILES string of the molecule is CC(=NO)c1ccc2ncc(-c3cnn(C)c3)cc2c1. The van der Waals surface area contributed by atoms with Crippen molar-refractivity contribution in [1.29, 1.82) is 0 Å². The van der Waals surface area contributed by atoms with Crippen molar-refractivity contribution in [1.82, 2.24) is 14.8 Å². The Morgan fingerprint density at radius 3 is 2.75 bits per heavy atom. The summed E-state index contributed by atoms with van der Waals surface area (Å²) in [4.78, 5) is 4.45. The molecule has 0 radical (unpaired) electrons. The molecule has 1 aromatic carbocycles. The van der Waals surface area contributed by atoms with Gasteiger partial charge in [-0.2, -0.15) is 5.10 Å². The first-order valence-corrected chi connectivity index (χ1v) is 6.25. The molecule has 5 nitrogen and oxygen atoms in total. The van der Waals surface area contributed by atoms with E-state index in [1.165, 1.54) is 0 Å². The van der Waals surface area contributed by atoms with Crippen molar-refractivity contribution in [2.24, 2.45) is 12.2 Å². The van der Waals surface area contributed by atoms with Gasteiger partial charge in [0.05, 0.1) is 17.4 Å². The molecule has 0 spiro atoms. The Labute approximate surface area is 116 Å². The molecule has 0 aliphatic rings. The molecule has 0 bridgehead atoms. The lowest BCUT2D eigenvalue weighted by Gasteiger charge is -2.04. The molecule has 1 N–H and O–H groups in total. The Balaban J connectivity index is 2.13. The maximum absolute atomic E-state index is 8.86. The third-order valence-corrected chi connectivity index (χ3v) is 3.29. The van der Waals surface area contributed by atoms with Crippen LogP contribution in [0.4, 0.5) is 0 Å². The van der Waals surface area contributed by atoms with Crippen LogP contribution >= 0.6 is 0 Å². The van der Waals surface area contributed by atoms with E-state index in [0.29, 0.717) is 5.71 Å². The summed E-state index contributed by atoms with van der Waals surface area (Å²) in [6.45, 7) is 1.76. The quantitative estimate of drug-likeness (QED) is 0.440. The lowest BCUT2D eigenvalue weighted by atomic mass is 10.0. The number of nitrogens with zero attached hydrogens (tertiary/aromatic N) is 4. The van der Waals surface area contributed by atoms with Gasteiger partial charge in [0.15, 0.2) is 0 Å². The van der Waals surface area contributed by atoms with Crippen molar-refractivity contribution in [3.63, 3.8) is 0 Å². The van der Waals surface area contributed by atoms with E-state index in [4.69, 9.17) is 5.21 Å². The van der Waals surface area contributed by atoms with Gasteiger partial charge in [-0.15, -0.1) is 0 Å². The van der Waals surface area contributed by atoms with Crippen molar-refractivity contribution in [3.05, 3.63) is 48.4 Å². The zero-order valence-electron chi connectivity index (χ0n) is 11.3. The molecule has 2 aromatic heterocycles. The van der Waals surface area contributed by atoms with Crippen molar-refractivity contribution < 1.29 is 5.21 Å². The number of oxime groups is 1. The Bertz CT molecular complexity index is 804. The minimum Gasteiger partial charge on any atom is -0.411 e. The number of pyridine rings is 1. The number of aryl methyl sites for hydroxylation is 1. The van der Waals surface area contributed by atoms with E-state index in [0.717, 1.165) is 27.6 Å². The standard InChI is InChI=1S/C15H14N4O/c1-10(18-20)11-3-4-15-12(5-11)6-13(7-16-15)14-8-17-19(2)9-14/h3-9,20H,1-2H3. The predicted molar refractivity (Wildman–Crippen MR) is 77.9 cm³/mol. The second-order valence-electron chi connectivity index (χ2n) is 4.72. The van der Waals surface area contributed by atoms with Gasteiger partial charge in [-0.1, -0.05) is 11.2 Å². The molecular weight excluding hydrogens is 252 g/mol. The van der Waals surface area contributed by atoms with Crippen molar-refractivity contribution >= 4 is 16.6 Å². The highest BCUT2D eigenvalue weighted by molar-refractivity contribution is 6.01. The van der Waals surface area contributed by atoms with E-state index in [9.17, 15) is 0 Å². The highest BCUT2D eigenvalue weighted by Gasteiger charge is 2.05. The molecular formula is C15H14N4O. The summed E-state index contributed by atoms with van der Waals surface area (Å²) in [6, 6.07) is 7.85. The minimum absolute atomic E-state index is 0.582. The van der Waals surface area contributed by atoms with Crippen LogP contribution < -0.4 is 0 Å². The fraction of sp³-hybridized carbons (Fsp3) is 0.133. The second kappa shape index (κ2) is 4.77. The summed E-state index contributed by atoms with van der Waals surface area (Å²) in [5.74, 6) is 0. The number of hydrogen-bond acceptors (Lipinski definition) is 4. The summed E-state index contributed by atoms with van der Waals surface area (Å²) in [6.07, 6.45) is 5.60. The predicted octanol–water partition coefficient (Wildman–Crippen LogP) is 2.83. The molecule has 3 aromatic rings. The van der Waals surface area contributed by atoms with E-state index in [2.05, 4.69) is 21.3 Å². The van der Waals surface area contributed by atoms with Crippen LogP contribution in [0.5, 0.6) is 0 Å².